The molecule has 3 rings (SSSR count). The Morgan fingerprint density at radius 3 is 2.41 bits per heavy atom. The van der Waals surface area contributed by atoms with Crippen molar-refractivity contribution in [2.24, 2.45) is 5.73 Å². The molecule has 0 saturated heterocycles. The van der Waals surface area contributed by atoms with Crippen molar-refractivity contribution in [3.05, 3.63) is 71.7 Å². The molecule has 2 aromatic carbocycles. The van der Waals surface area contributed by atoms with E-state index in [4.69, 9.17) is 5.73 Å². The van der Waals surface area contributed by atoms with Crippen LogP contribution < -0.4 is 5.73 Å². The smallest absolute Gasteiger partial charge is 0.123 e. The Hall–Kier alpha value is -2.66. The second-order valence-corrected chi connectivity index (χ2v) is 5.10. The monoisotopic (exact) mass is 297 g/mol. The molecule has 112 valence electrons. The number of nitrogens with two attached hydrogens (primary N) is 1. The number of phenols is 1. The van der Waals surface area contributed by atoms with Gasteiger partial charge in [0.25, 0.3) is 0 Å². The van der Waals surface area contributed by atoms with Gasteiger partial charge in [0.2, 0.25) is 0 Å². The summed E-state index contributed by atoms with van der Waals surface area (Å²) in [5.41, 5.74) is 9.34. The van der Waals surface area contributed by atoms with Gasteiger partial charge in [0.15, 0.2) is 0 Å². The zero-order valence-corrected chi connectivity index (χ0v) is 11.8. The fourth-order valence-corrected chi connectivity index (χ4v) is 2.43. The molecule has 22 heavy (non-hydrogen) atoms. The third-order valence-corrected chi connectivity index (χ3v) is 3.64. The van der Waals surface area contributed by atoms with Gasteiger partial charge in [-0.15, -0.1) is 0 Å². The van der Waals surface area contributed by atoms with Gasteiger partial charge in [0, 0.05) is 23.7 Å². The van der Waals surface area contributed by atoms with Crippen molar-refractivity contribution >= 4 is 0 Å². The van der Waals surface area contributed by atoms with Gasteiger partial charge in [-0.2, -0.15) is 5.10 Å². The summed E-state index contributed by atoms with van der Waals surface area (Å²) < 4.78 is 13.0. The largest absolute Gasteiger partial charge is 0.508 e. The van der Waals surface area contributed by atoms with Crippen molar-refractivity contribution in [2.45, 2.75) is 5.92 Å². The van der Waals surface area contributed by atoms with Crippen LogP contribution in [0.25, 0.3) is 11.3 Å². The van der Waals surface area contributed by atoms with E-state index in [0.717, 1.165) is 22.5 Å². The van der Waals surface area contributed by atoms with Crippen LogP contribution in [-0.2, 0) is 0 Å². The highest BCUT2D eigenvalue weighted by Crippen LogP contribution is 2.27. The van der Waals surface area contributed by atoms with Crippen LogP contribution in [0.5, 0.6) is 5.75 Å². The Bertz CT molecular complexity index is 750. The molecule has 0 bridgehead atoms. The molecule has 4 nitrogen and oxygen atoms in total. The number of benzene rings is 2. The lowest BCUT2D eigenvalue weighted by molar-refractivity contribution is 0.475. The van der Waals surface area contributed by atoms with Gasteiger partial charge in [0.05, 0.1) is 5.69 Å². The topological polar surface area (TPSA) is 74.9 Å². The summed E-state index contributed by atoms with van der Waals surface area (Å²) in [6, 6.07) is 15.0. The molecule has 0 amide bonds. The number of nitrogens with one attached hydrogen (secondary N) is 1. The lowest BCUT2D eigenvalue weighted by Gasteiger charge is -2.13. The molecule has 1 aromatic heterocycles. The van der Waals surface area contributed by atoms with Gasteiger partial charge >= 0.3 is 0 Å². The molecule has 3 aromatic rings. The second kappa shape index (κ2) is 5.99. The molecule has 4 N–H and O–H groups in total. The number of halogens is 1. The predicted octanol–water partition coefficient (Wildman–Crippen LogP) is 3.01. The molecule has 0 aliphatic rings. The zero-order valence-electron chi connectivity index (χ0n) is 11.8. The van der Waals surface area contributed by atoms with E-state index in [9.17, 15) is 9.50 Å². The maximum absolute atomic E-state index is 13.0. The van der Waals surface area contributed by atoms with Gasteiger partial charge in [-0.1, -0.05) is 12.1 Å². The van der Waals surface area contributed by atoms with E-state index in [-0.39, 0.29) is 17.5 Å². The van der Waals surface area contributed by atoms with Crippen LogP contribution in [0.1, 0.15) is 17.2 Å². The van der Waals surface area contributed by atoms with Crippen molar-refractivity contribution in [3.8, 4) is 17.0 Å². The van der Waals surface area contributed by atoms with Crippen molar-refractivity contribution in [1.82, 2.24) is 10.2 Å². The maximum Gasteiger partial charge on any atom is 0.123 e. The van der Waals surface area contributed by atoms with Crippen molar-refractivity contribution in [1.29, 1.82) is 0 Å². The fourth-order valence-electron chi connectivity index (χ4n) is 2.43. The number of nitrogens with zero attached hydrogens (tertiary/aromatic N) is 1. The number of hydrogen-bond donors (Lipinski definition) is 3. The molecule has 0 aliphatic heterocycles. The first-order chi connectivity index (χ1) is 10.7. The number of aromatic amines is 1. The molecular weight excluding hydrogens is 281 g/mol. The summed E-state index contributed by atoms with van der Waals surface area (Å²) in [7, 11) is 0. The Balaban J connectivity index is 1.91. The third kappa shape index (κ3) is 2.84. The molecule has 0 radical (unpaired) electrons. The summed E-state index contributed by atoms with van der Waals surface area (Å²) in [5, 5.41) is 16.6. The van der Waals surface area contributed by atoms with E-state index in [2.05, 4.69) is 10.2 Å². The minimum atomic E-state index is -0.275. The first kappa shape index (κ1) is 14.3. The van der Waals surface area contributed by atoms with E-state index in [1.807, 2.05) is 18.2 Å². The van der Waals surface area contributed by atoms with Crippen LogP contribution in [0.4, 0.5) is 4.39 Å². The lowest BCUT2D eigenvalue weighted by atomic mass is 9.95. The highest BCUT2D eigenvalue weighted by atomic mass is 19.1. The van der Waals surface area contributed by atoms with E-state index >= 15 is 0 Å². The van der Waals surface area contributed by atoms with Crippen LogP contribution >= 0.6 is 0 Å². The van der Waals surface area contributed by atoms with E-state index < -0.39 is 0 Å². The fraction of sp³-hybridized carbons (Fsp3) is 0.118. The molecule has 0 fully saturated rings. The number of aromatic hydroxyl groups is 1. The Kier molecular flexibility index (Phi) is 3.89. The Morgan fingerprint density at radius 2 is 1.77 bits per heavy atom. The molecule has 5 heteroatoms. The van der Waals surface area contributed by atoms with Gasteiger partial charge in [-0.3, -0.25) is 5.10 Å². The van der Waals surface area contributed by atoms with Crippen molar-refractivity contribution in [2.75, 3.05) is 6.54 Å². The van der Waals surface area contributed by atoms with E-state index in [1.165, 1.54) is 12.1 Å². The zero-order chi connectivity index (χ0) is 15.5. The first-order valence-corrected chi connectivity index (χ1v) is 6.97. The van der Waals surface area contributed by atoms with Crippen LogP contribution in [0, 0.1) is 5.82 Å². The maximum atomic E-state index is 13.0. The van der Waals surface area contributed by atoms with E-state index in [1.54, 1.807) is 24.3 Å². The highest BCUT2D eigenvalue weighted by molar-refractivity contribution is 5.59. The molecular formula is C17H16FN3O. The molecule has 1 atom stereocenters. The average Bonchev–Trinajstić information content (AvgIpc) is 3.00. The SMILES string of the molecule is NCC(c1ccc(O)cc1)c1cc(-c2ccc(F)cc2)n[nH]1. The second-order valence-electron chi connectivity index (χ2n) is 5.10. The van der Waals surface area contributed by atoms with Gasteiger partial charge in [-0.05, 0) is 48.0 Å². The third-order valence-electron chi connectivity index (χ3n) is 3.64. The first-order valence-electron chi connectivity index (χ1n) is 6.97. The number of H-pyrrole nitrogens is 1. The van der Waals surface area contributed by atoms with Gasteiger partial charge < -0.3 is 10.8 Å². The summed E-state index contributed by atoms with van der Waals surface area (Å²) in [5.74, 6) is -0.0955. The number of hydrogen-bond acceptors (Lipinski definition) is 3. The van der Waals surface area contributed by atoms with E-state index in [0.29, 0.717) is 6.54 Å². The summed E-state index contributed by atoms with van der Waals surface area (Å²) in [6.07, 6.45) is 0. The van der Waals surface area contributed by atoms with Crippen LogP contribution in [0.3, 0.4) is 0 Å². The van der Waals surface area contributed by atoms with Gasteiger partial charge in [-0.25, -0.2) is 4.39 Å². The standard InChI is InChI=1S/C17H16FN3O/c18-13-5-1-12(2-6-13)16-9-17(21-20-16)15(10-19)11-3-7-14(22)8-4-11/h1-9,15,22H,10,19H2,(H,20,21). The minimum Gasteiger partial charge on any atom is -0.508 e. The van der Waals surface area contributed by atoms with Gasteiger partial charge in [0.1, 0.15) is 11.6 Å². The molecule has 0 saturated carbocycles. The number of rotatable bonds is 4. The summed E-state index contributed by atoms with van der Waals surface area (Å²) in [4.78, 5) is 0. The Labute approximate surface area is 127 Å². The molecule has 0 spiro atoms. The average molecular weight is 297 g/mol. The normalized spacial score (nSPS) is 12.3. The number of phenolic OH excluding ortho intramolecular Hbond substituents is 1. The quantitative estimate of drug-likeness (QED) is 0.693. The Morgan fingerprint density at radius 1 is 1.09 bits per heavy atom. The lowest BCUT2D eigenvalue weighted by Crippen LogP contribution is -2.14. The molecule has 1 heterocycles. The molecule has 1 unspecified atom stereocenters. The van der Waals surface area contributed by atoms with Crippen molar-refractivity contribution < 1.29 is 9.50 Å². The predicted molar refractivity (Wildman–Crippen MR) is 83.0 cm³/mol. The highest BCUT2D eigenvalue weighted by Gasteiger charge is 2.16. The minimum absolute atomic E-state index is 0.0395. The number of aromatic nitrogens is 2. The van der Waals surface area contributed by atoms with Crippen LogP contribution in [0.2, 0.25) is 0 Å². The summed E-state index contributed by atoms with van der Waals surface area (Å²) in [6.45, 7) is 0.413. The summed E-state index contributed by atoms with van der Waals surface area (Å²) >= 11 is 0. The van der Waals surface area contributed by atoms with Crippen LogP contribution in [0.15, 0.2) is 54.6 Å². The van der Waals surface area contributed by atoms with Crippen LogP contribution in [-0.4, -0.2) is 21.8 Å². The van der Waals surface area contributed by atoms with Crippen molar-refractivity contribution in [3.63, 3.8) is 0 Å². The molecule has 0 aliphatic carbocycles.